The topological polar surface area (TPSA) is 64.8 Å². The molecule has 0 bridgehead atoms. The van der Waals surface area contributed by atoms with Crippen LogP contribution < -0.4 is 9.47 Å². The predicted molar refractivity (Wildman–Crippen MR) is 105 cm³/mol. The third-order valence-corrected chi connectivity index (χ3v) is 5.14. The van der Waals surface area contributed by atoms with Crippen LogP contribution in [0.4, 0.5) is 0 Å². The quantitative estimate of drug-likeness (QED) is 0.672. The van der Waals surface area contributed by atoms with Crippen molar-refractivity contribution in [3.63, 3.8) is 0 Å². The number of ether oxygens (including phenoxy) is 2. The fourth-order valence-corrected chi connectivity index (χ4v) is 3.63. The molecule has 4 rings (SSSR count). The van der Waals surface area contributed by atoms with Crippen molar-refractivity contribution in [2.24, 2.45) is 0 Å². The molecule has 1 atom stereocenters. The van der Waals surface area contributed by atoms with E-state index >= 15 is 0 Å². The molecule has 1 amide bonds. The van der Waals surface area contributed by atoms with Gasteiger partial charge in [0, 0.05) is 36.2 Å². The van der Waals surface area contributed by atoms with Crippen LogP contribution in [-0.2, 0) is 0 Å². The highest BCUT2D eigenvalue weighted by molar-refractivity contribution is 5.93. The first-order valence-corrected chi connectivity index (χ1v) is 9.23. The zero-order valence-corrected chi connectivity index (χ0v) is 15.9. The Morgan fingerprint density at radius 1 is 1.11 bits per heavy atom. The molecule has 1 aliphatic rings. The Morgan fingerprint density at radius 3 is 2.68 bits per heavy atom. The first-order chi connectivity index (χ1) is 13.7. The molecule has 0 saturated carbocycles. The van der Waals surface area contributed by atoms with Gasteiger partial charge in [0.05, 0.1) is 14.2 Å². The molecule has 3 aromatic rings. The van der Waals surface area contributed by atoms with Crippen molar-refractivity contribution in [2.45, 2.75) is 12.3 Å². The fourth-order valence-electron chi connectivity index (χ4n) is 3.63. The normalized spacial score (nSPS) is 16.2. The maximum atomic E-state index is 12.9. The summed E-state index contributed by atoms with van der Waals surface area (Å²) in [4.78, 5) is 14.7. The van der Waals surface area contributed by atoms with Crippen LogP contribution in [-0.4, -0.2) is 43.3 Å². The second-order valence-corrected chi connectivity index (χ2v) is 6.79. The molecular formula is C22H22N2O4. The van der Waals surface area contributed by atoms with E-state index in [1.165, 1.54) is 0 Å². The van der Waals surface area contributed by atoms with E-state index < -0.39 is 0 Å². The summed E-state index contributed by atoms with van der Waals surface area (Å²) in [5, 5.41) is 3.99. The Kier molecular flexibility index (Phi) is 5.02. The Hall–Kier alpha value is -3.28. The number of rotatable bonds is 5. The van der Waals surface area contributed by atoms with E-state index in [9.17, 15) is 4.79 Å². The van der Waals surface area contributed by atoms with Crippen molar-refractivity contribution in [3.05, 3.63) is 65.9 Å². The van der Waals surface area contributed by atoms with Crippen molar-refractivity contribution < 1.29 is 18.8 Å². The molecule has 2 heterocycles. The van der Waals surface area contributed by atoms with E-state index in [-0.39, 0.29) is 11.8 Å². The number of aromatic nitrogens is 1. The molecule has 28 heavy (non-hydrogen) atoms. The summed E-state index contributed by atoms with van der Waals surface area (Å²) in [6.45, 7) is 1.27. The first-order valence-electron chi connectivity index (χ1n) is 9.23. The number of nitrogens with zero attached hydrogens (tertiary/aromatic N) is 2. The van der Waals surface area contributed by atoms with Crippen molar-refractivity contribution in [2.75, 3.05) is 27.3 Å². The van der Waals surface area contributed by atoms with Gasteiger partial charge in [-0.2, -0.15) is 0 Å². The summed E-state index contributed by atoms with van der Waals surface area (Å²) in [6.07, 6.45) is 0.860. The van der Waals surface area contributed by atoms with Crippen molar-refractivity contribution in [1.82, 2.24) is 10.1 Å². The van der Waals surface area contributed by atoms with Gasteiger partial charge in [0.25, 0.3) is 5.91 Å². The molecule has 0 spiro atoms. The number of methoxy groups -OCH3 is 2. The number of hydrogen-bond acceptors (Lipinski definition) is 5. The molecule has 0 radical (unpaired) electrons. The summed E-state index contributed by atoms with van der Waals surface area (Å²) in [5.74, 6) is 2.26. The number of benzene rings is 2. The Balaban J connectivity index is 1.50. The van der Waals surface area contributed by atoms with Gasteiger partial charge in [0.1, 0.15) is 11.5 Å². The van der Waals surface area contributed by atoms with Gasteiger partial charge in [0.15, 0.2) is 11.5 Å². The molecule has 1 aromatic heterocycles. The van der Waals surface area contributed by atoms with Crippen LogP contribution in [0.3, 0.4) is 0 Å². The molecule has 1 fully saturated rings. The highest BCUT2D eigenvalue weighted by Crippen LogP contribution is 2.36. The van der Waals surface area contributed by atoms with E-state index in [2.05, 4.69) is 5.16 Å². The van der Waals surface area contributed by atoms with Crippen molar-refractivity contribution >= 4 is 5.91 Å². The molecule has 0 unspecified atom stereocenters. The third kappa shape index (κ3) is 3.45. The number of hydrogen-bond donors (Lipinski definition) is 0. The minimum atomic E-state index is -0.115. The largest absolute Gasteiger partial charge is 0.497 e. The molecule has 2 aromatic carbocycles. The fraction of sp³-hybridized carbons (Fsp3) is 0.273. The van der Waals surface area contributed by atoms with Crippen LogP contribution in [0.5, 0.6) is 11.5 Å². The highest BCUT2D eigenvalue weighted by atomic mass is 16.5. The summed E-state index contributed by atoms with van der Waals surface area (Å²) in [6, 6.07) is 17.1. The standard InChI is InChI=1S/C22H22N2O4/c1-26-17-8-9-20(27-2)18(12-17)16-10-11-24(14-16)22(25)19-13-21(28-23-19)15-6-4-3-5-7-15/h3-9,12-13,16H,10-11,14H2,1-2H3/t16-/m1/s1. The van der Waals surface area contributed by atoms with Gasteiger partial charge >= 0.3 is 0 Å². The van der Waals surface area contributed by atoms with Gasteiger partial charge in [0.2, 0.25) is 0 Å². The first kappa shape index (κ1) is 18.1. The van der Waals surface area contributed by atoms with Crippen molar-refractivity contribution in [3.8, 4) is 22.8 Å². The average Bonchev–Trinajstić information content (AvgIpc) is 3.43. The molecule has 0 N–H and O–H groups in total. The van der Waals surface area contributed by atoms with Crippen LogP contribution in [0.25, 0.3) is 11.3 Å². The Morgan fingerprint density at radius 2 is 1.93 bits per heavy atom. The number of carbonyl (C=O) groups excluding carboxylic acids is 1. The van der Waals surface area contributed by atoms with Gasteiger partial charge in [-0.1, -0.05) is 35.5 Å². The van der Waals surface area contributed by atoms with Gasteiger partial charge < -0.3 is 18.9 Å². The lowest BCUT2D eigenvalue weighted by molar-refractivity contribution is 0.0780. The van der Waals surface area contributed by atoms with Gasteiger partial charge in [-0.15, -0.1) is 0 Å². The van der Waals surface area contributed by atoms with Crippen LogP contribution >= 0.6 is 0 Å². The monoisotopic (exact) mass is 378 g/mol. The molecule has 1 saturated heterocycles. The van der Waals surface area contributed by atoms with Crippen LogP contribution in [0, 0.1) is 0 Å². The highest BCUT2D eigenvalue weighted by Gasteiger charge is 2.31. The summed E-state index contributed by atoms with van der Waals surface area (Å²) < 4.78 is 16.2. The van der Waals surface area contributed by atoms with E-state index in [1.54, 1.807) is 20.3 Å². The minimum absolute atomic E-state index is 0.115. The maximum absolute atomic E-state index is 12.9. The lowest BCUT2D eigenvalue weighted by Gasteiger charge is -2.17. The van der Waals surface area contributed by atoms with E-state index in [1.807, 2.05) is 53.4 Å². The molecular weight excluding hydrogens is 356 g/mol. The summed E-state index contributed by atoms with van der Waals surface area (Å²) >= 11 is 0. The SMILES string of the molecule is COc1ccc(OC)c([C@@H]2CCN(C(=O)c3cc(-c4ccccc4)on3)C2)c1. The maximum Gasteiger partial charge on any atom is 0.276 e. The molecule has 6 nitrogen and oxygen atoms in total. The Bertz CT molecular complexity index is 968. The van der Waals surface area contributed by atoms with E-state index in [4.69, 9.17) is 14.0 Å². The average molecular weight is 378 g/mol. The lowest BCUT2D eigenvalue weighted by atomic mass is 9.97. The summed E-state index contributed by atoms with van der Waals surface area (Å²) in [7, 11) is 3.30. The minimum Gasteiger partial charge on any atom is -0.497 e. The zero-order chi connectivity index (χ0) is 19.5. The smallest absolute Gasteiger partial charge is 0.276 e. The predicted octanol–water partition coefficient (Wildman–Crippen LogP) is 3.99. The number of amides is 1. The van der Waals surface area contributed by atoms with Crippen LogP contribution in [0.1, 0.15) is 28.4 Å². The van der Waals surface area contributed by atoms with Gasteiger partial charge in [-0.3, -0.25) is 4.79 Å². The van der Waals surface area contributed by atoms with E-state index in [0.29, 0.717) is 24.5 Å². The molecule has 144 valence electrons. The lowest BCUT2D eigenvalue weighted by Crippen LogP contribution is -2.28. The molecule has 0 aliphatic carbocycles. The second-order valence-electron chi connectivity index (χ2n) is 6.79. The summed E-state index contributed by atoms with van der Waals surface area (Å²) in [5.41, 5.74) is 2.29. The molecule has 6 heteroatoms. The number of likely N-dealkylation sites (tertiary alicyclic amines) is 1. The number of carbonyl (C=O) groups is 1. The van der Waals surface area contributed by atoms with Crippen LogP contribution in [0.2, 0.25) is 0 Å². The third-order valence-electron chi connectivity index (χ3n) is 5.14. The zero-order valence-electron chi connectivity index (χ0n) is 15.9. The van der Waals surface area contributed by atoms with E-state index in [0.717, 1.165) is 29.0 Å². The van der Waals surface area contributed by atoms with Gasteiger partial charge in [-0.25, -0.2) is 0 Å². The Labute approximate surface area is 163 Å². The molecule has 1 aliphatic heterocycles. The van der Waals surface area contributed by atoms with Crippen molar-refractivity contribution in [1.29, 1.82) is 0 Å². The second kappa shape index (κ2) is 7.76. The van der Waals surface area contributed by atoms with Crippen LogP contribution in [0.15, 0.2) is 59.1 Å². The van der Waals surface area contributed by atoms with Gasteiger partial charge in [-0.05, 0) is 24.6 Å².